The summed E-state index contributed by atoms with van der Waals surface area (Å²) < 4.78 is 0. The number of aryl methyl sites for hydroxylation is 1. The number of hydrogen-bond acceptors (Lipinski definition) is 5. The van der Waals surface area contributed by atoms with Crippen LogP contribution in [-0.4, -0.2) is 34.3 Å². The molecule has 0 aliphatic heterocycles. The van der Waals surface area contributed by atoms with E-state index in [1.165, 1.54) is 6.42 Å². The smallest absolute Gasteiger partial charge is 0.134 e. The summed E-state index contributed by atoms with van der Waals surface area (Å²) in [6.07, 6.45) is 4.87. The van der Waals surface area contributed by atoms with Gasteiger partial charge >= 0.3 is 0 Å². The van der Waals surface area contributed by atoms with Crippen LogP contribution < -0.4 is 10.6 Å². The van der Waals surface area contributed by atoms with E-state index in [-0.39, 0.29) is 6.10 Å². The summed E-state index contributed by atoms with van der Waals surface area (Å²) in [7, 11) is 0. The molecule has 2 rings (SSSR count). The van der Waals surface area contributed by atoms with E-state index >= 15 is 0 Å². The summed E-state index contributed by atoms with van der Waals surface area (Å²) in [5.74, 6) is 3.26. The lowest BCUT2D eigenvalue weighted by molar-refractivity contribution is 0.104. The molecule has 0 bridgehead atoms. The first-order valence-corrected chi connectivity index (χ1v) is 8.17. The summed E-state index contributed by atoms with van der Waals surface area (Å²) in [5.41, 5.74) is 1.07. The molecular weight excluding hydrogens is 264 g/mol. The Morgan fingerprint density at radius 1 is 1.14 bits per heavy atom. The van der Waals surface area contributed by atoms with E-state index in [4.69, 9.17) is 0 Å². The van der Waals surface area contributed by atoms with Crippen molar-refractivity contribution in [2.45, 2.75) is 59.0 Å². The first-order valence-electron chi connectivity index (χ1n) is 8.17. The maximum atomic E-state index is 9.76. The van der Waals surface area contributed by atoms with Gasteiger partial charge in [0.25, 0.3) is 0 Å². The molecule has 0 saturated heterocycles. The summed E-state index contributed by atoms with van der Waals surface area (Å²) in [6, 6.07) is 0. The van der Waals surface area contributed by atoms with E-state index in [1.807, 2.05) is 0 Å². The zero-order chi connectivity index (χ0) is 15.2. The lowest BCUT2D eigenvalue weighted by Crippen LogP contribution is -2.25. The van der Waals surface area contributed by atoms with E-state index in [9.17, 15) is 5.11 Å². The minimum atomic E-state index is -0.124. The molecule has 21 heavy (non-hydrogen) atoms. The van der Waals surface area contributed by atoms with E-state index in [0.29, 0.717) is 5.92 Å². The Morgan fingerprint density at radius 2 is 1.86 bits per heavy atom. The minimum Gasteiger partial charge on any atom is -0.393 e. The first-order chi connectivity index (χ1) is 10.1. The van der Waals surface area contributed by atoms with Crippen LogP contribution in [0.5, 0.6) is 0 Å². The molecule has 1 heterocycles. The number of aliphatic hydroxyl groups excluding tert-OH is 1. The quantitative estimate of drug-likeness (QED) is 0.752. The van der Waals surface area contributed by atoms with E-state index in [1.54, 1.807) is 0 Å². The minimum absolute atomic E-state index is 0.124. The van der Waals surface area contributed by atoms with Crippen molar-refractivity contribution in [1.29, 1.82) is 0 Å². The average Bonchev–Trinajstić information content (AvgIpc) is 2.48. The zero-order valence-corrected chi connectivity index (χ0v) is 13.4. The largest absolute Gasteiger partial charge is 0.393 e. The van der Waals surface area contributed by atoms with Crippen molar-refractivity contribution in [3.8, 4) is 0 Å². The Hall–Kier alpha value is -1.36. The van der Waals surface area contributed by atoms with E-state index in [0.717, 1.165) is 61.8 Å². The van der Waals surface area contributed by atoms with Crippen LogP contribution in [0.2, 0.25) is 0 Å². The van der Waals surface area contributed by atoms with Gasteiger partial charge in [0.1, 0.15) is 17.5 Å². The molecule has 1 saturated carbocycles. The number of nitrogens with one attached hydrogen (secondary N) is 2. The Morgan fingerprint density at radius 3 is 2.48 bits per heavy atom. The molecule has 0 radical (unpaired) electrons. The second kappa shape index (κ2) is 7.59. The molecule has 0 amide bonds. The van der Waals surface area contributed by atoms with Crippen LogP contribution in [0.4, 0.5) is 11.6 Å². The summed E-state index contributed by atoms with van der Waals surface area (Å²) in [6.45, 7) is 7.93. The van der Waals surface area contributed by atoms with Gasteiger partial charge in [0.15, 0.2) is 0 Å². The van der Waals surface area contributed by atoms with Crippen LogP contribution in [0, 0.1) is 12.8 Å². The fraction of sp³-hybridized carbons (Fsp3) is 0.750. The van der Waals surface area contributed by atoms with Crippen molar-refractivity contribution in [3.63, 3.8) is 0 Å². The standard InChI is InChI=1S/C16H28N4O/c1-4-14-19-15(17-5-2)11(3)16(20-14)18-10-12-7-6-8-13(21)9-12/h12-13,21H,4-10H2,1-3H3,(H2,17,18,19,20). The molecule has 1 aliphatic rings. The van der Waals surface area contributed by atoms with Crippen LogP contribution in [-0.2, 0) is 6.42 Å². The predicted molar refractivity (Wildman–Crippen MR) is 86.8 cm³/mol. The summed E-state index contributed by atoms with van der Waals surface area (Å²) >= 11 is 0. The second-order valence-electron chi connectivity index (χ2n) is 5.91. The van der Waals surface area contributed by atoms with Crippen LogP contribution in [0.3, 0.4) is 0 Å². The third kappa shape index (κ3) is 4.30. The van der Waals surface area contributed by atoms with Crippen LogP contribution in [0.25, 0.3) is 0 Å². The molecule has 5 nitrogen and oxygen atoms in total. The van der Waals surface area contributed by atoms with Crippen molar-refractivity contribution >= 4 is 11.6 Å². The number of anilines is 2. The number of hydrogen-bond donors (Lipinski definition) is 3. The monoisotopic (exact) mass is 292 g/mol. The molecule has 0 spiro atoms. The molecule has 1 aliphatic carbocycles. The molecule has 1 aromatic heterocycles. The maximum absolute atomic E-state index is 9.76. The second-order valence-corrected chi connectivity index (χ2v) is 5.91. The molecule has 1 fully saturated rings. The van der Waals surface area contributed by atoms with Gasteiger partial charge in [-0.2, -0.15) is 0 Å². The molecule has 0 aromatic carbocycles. The predicted octanol–water partition coefficient (Wildman–Crippen LogP) is 2.74. The molecule has 2 unspecified atom stereocenters. The molecular formula is C16H28N4O. The Bertz CT molecular complexity index is 464. The van der Waals surface area contributed by atoms with Crippen molar-refractivity contribution < 1.29 is 5.11 Å². The van der Waals surface area contributed by atoms with Gasteiger partial charge in [-0.05, 0) is 39.0 Å². The van der Waals surface area contributed by atoms with Gasteiger partial charge in [-0.15, -0.1) is 0 Å². The average molecular weight is 292 g/mol. The van der Waals surface area contributed by atoms with Gasteiger partial charge in [-0.25, -0.2) is 9.97 Å². The number of rotatable bonds is 6. The lowest BCUT2D eigenvalue weighted by atomic mass is 9.87. The third-order valence-electron chi connectivity index (χ3n) is 4.17. The molecule has 2 atom stereocenters. The lowest BCUT2D eigenvalue weighted by Gasteiger charge is -2.26. The summed E-state index contributed by atoms with van der Waals surface area (Å²) in [4.78, 5) is 9.16. The number of aromatic nitrogens is 2. The highest BCUT2D eigenvalue weighted by Crippen LogP contribution is 2.26. The molecule has 118 valence electrons. The molecule has 1 aromatic rings. The first kappa shape index (κ1) is 16.0. The highest BCUT2D eigenvalue weighted by Gasteiger charge is 2.20. The van der Waals surface area contributed by atoms with Gasteiger partial charge in [-0.1, -0.05) is 13.3 Å². The van der Waals surface area contributed by atoms with Crippen molar-refractivity contribution in [3.05, 3.63) is 11.4 Å². The van der Waals surface area contributed by atoms with Gasteiger partial charge in [0, 0.05) is 25.1 Å². The van der Waals surface area contributed by atoms with Gasteiger partial charge in [0.2, 0.25) is 0 Å². The van der Waals surface area contributed by atoms with Crippen molar-refractivity contribution in [2.75, 3.05) is 23.7 Å². The fourth-order valence-corrected chi connectivity index (χ4v) is 2.92. The fourth-order valence-electron chi connectivity index (χ4n) is 2.92. The highest BCUT2D eigenvalue weighted by atomic mass is 16.3. The van der Waals surface area contributed by atoms with Crippen LogP contribution in [0.15, 0.2) is 0 Å². The molecule has 3 N–H and O–H groups in total. The van der Waals surface area contributed by atoms with Crippen LogP contribution >= 0.6 is 0 Å². The third-order valence-corrected chi connectivity index (χ3v) is 4.17. The van der Waals surface area contributed by atoms with Gasteiger partial charge in [0.05, 0.1) is 6.10 Å². The zero-order valence-electron chi connectivity index (χ0n) is 13.4. The highest BCUT2D eigenvalue weighted by molar-refractivity contribution is 5.57. The van der Waals surface area contributed by atoms with Crippen LogP contribution in [0.1, 0.15) is 50.9 Å². The Labute approximate surface area is 127 Å². The van der Waals surface area contributed by atoms with E-state index < -0.39 is 0 Å². The topological polar surface area (TPSA) is 70.1 Å². The van der Waals surface area contributed by atoms with Gasteiger partial charge < -0.3 is 15.7 Å². The van der Waals surface area contributed by atoms with Gasteiger partial charge in [-0.3, -0.25) is 0 Å². The van der Waals surface area contributed by atoms with Crippen molar-refractivity contribution in [1.82, 2.24) is 9.97 Å². The maximum Gasteiger partial charge on any atom is 0.134 e. The number of nitrogens with zero attached hydrogens (tertiary/aromatic N) is 2. The normalized spacial score (nSPS) is 22.1. The van der Waals surface area contributed by atoms with E-state index in [2.05, 4.69) is 41.4 Å². The summed E-state index contributed by atoms with van der Waals surface area (Å²) in [5, 5.41) is 16.5. The Kier molecular flexibility index (Phi) is 5.79. The molecule has 5 heteroatoms. The Balaban J connectivity index is 2.05. The number of aliphatic hydroxyl groups is 1. The van der Waals surface area contributed by atoms with Crippen molar-refractivity contribution in [2.24, 2.45) is 5.92 Å². The SMILES string of the molecule is CCNc1nc(CC)nc(NCC2CCCC(O)C2)c1C.